The summed E-state index contributed by atoms with van der Waals surface area (Å²) in [4.78, 5) is 24.0. The van der Waals surface area contributed by atoms with Crippen LogP contribution in [-0.2, 0) is 6.42 Å². The van der Waals surface area contributed by atoms with Gasteiger partial charge < -0.3 is 9.73 Å². The zero-order chi connectivity index (χ0) is 14.7. The second kappa shape index (κ2) is 5.93. The molecule has 0 aliphatic heterocycles. The molecule has 0 fully saturated rings. The first-order valence-electron chi connectivity index (χ1n) is 6.56. The van der Waals surface area contributed by atoms with Crippen molar-refractivity contribution < 1.29 is 9.21 Å². The van der Waals surface area contributed by atoms with Gasteiger partial charge in [0.05, 0.1) is 5.39 Å². The van der Waals surface area contributed by atoms with Crippen LogP contribution in [-0.4, -0.2) is 12.5 Å². The van der Waals surface area contributed by atoms with Gasteiger partial charge in [-0.15, -0.1) is 0 Å². The maximum atomic E-state index is 12.0. The Hall–Kier alpha value is -2.40. The zero-order valence-electron chi connectivity index (χ0n) is 11.2. The van der Waals surface area contributed by atoms with Gasteiger partial charge in [0.2, 0.25) is 0 Å². The lowest BCUT2D eigenvalue weighted by atomic mass is 10.2. The van der Waals surface area contributed by atoms with Gasteiger partial charge in [-0.1, -0.05) is 12.1 Å². The highest BCUT2D eigenvalue weighted by Crippen LogP contribution is 2.11. The highest BCUT2D eigenvalue weighted by molar-refractivity contribution is 7.07. The molecule has 0 aliphatic rings. The largest absolute Gasteiger partial charge is 0.451 e. The molecular weight excluding hydrogens is 286 g/mol. The van der Waals surface area contributed by atoms with Gasteiger partial charge in [0.25, 0.3) is 5.91 Å². The van der Waals surface area contributed by atoms with Gasteiger partial charge >= 0.3 is 0 Å². The molecule has 1 aromatic carbocycles. The molecule has 1 amide bonds. The van der Waals surface area contributed by atoms with E-state index in [9.17, 15) is 9.59 Å². The van der Waals surface area contributed by atoms with Gasteiger partial charge in [-0.2, -0.15) is 11.3 Å². The summed E-state index contributed by atoms with van der Waals surface area (Å²) in [6.45, 7) is 0.506. The molecule has 1 N–H and O–H groups in total. The summed E-state index contributed by atoms with van der Waals surface area (Å²) >= 11 is 1.63. The predicted octanol–water partition coefficient (Wildman–Crippen LogP) is 2.83. The van der Waals surface area contributed by atoms with Crippen LogP contribution in [0.15, 0.2) is 56.4 Å². The molecule has 5 heteroatoms. The lowest BCUT2D eigenvalue weighted by Gasteiger charge is -2.04. The number of carbonyl (C=O) groups is 1. The number of fused-ring (bicyclic) bond motifs is 1. The number of rotatable bonds is 4. The van der Waals surface area contributed by atoms with Crippen LogP contribution in [0.2, 0.25) is 0 Å². The molecule has 0 aliphatic carbocycles. The average Bonchev–Trinajstić information content (AvgIpc) is 3.00. The summed E-state index contributed by atoms with van der Waals surface area (Å²) in [7, 11) is 0. The van der Waals surface area contributed by atoms with Gasteiger partial charge in [-0.3, -0.25) is 9.59 Å². The molecule has 3 aromatic rings. The SMILES string of the molecule is O=C(NCCc1ccsc1)c1cc(=O)c2ccccc2o1. The fraction of sp³-hybridized carbons (Fsp3) is 0.125. The topological polar surface area (TPSA) is 59.3 Å². The van der Waals surface area contributed by atoms with Crippen molar-refractivity contribution in [2.45, 2.75) is 6.42 Å². The molecule has 2 heterocycles. The van der Waals surface area contributed by atoms with Crippen LogP contribution in [0, 0.1) is 0 Å². The first-order valence-corrected chi connectivity index (χ1v) is 7.50. The normalized spacial score (nSPS) is 10.7. The van der Waals surface area contributed by atoms with Gasteiger partial charge in [0, 0.05) is 12.6 Å². The average molecular weight is 299 g/mol. The molecule has 0 saturated carbocycles. The van der Waals surface area contributed by atoms with E-state index in [0.29, 0.717) is 17.5 Å². The van der Waals surface area contributed by atoms with E-state index in [-0.39, 0.29) is 17.1 Å². The van der Waals surface area contributed by atoms with Crippen molar-refractivity contribution in [2.24, 2.45) is 0 Å². The van der Waals surface area contributed by atoms with E-state index < -0.39 is 0 Å². The van der Waals surface area contributed by atoms with Crippen molar-refractivity contribution in [1.82, 2.24) is 5.32 Å². The smallest absolute Gasteiger partial charge is 0.287 e. The van der Waals surface area contributed by atoms with E-state index in [0.717, 1.165) is 6.42 Å². The molecule has 0 bridgehead atoms. The molecule has 106 valence electrons. The van der Waals surface area contributed by atoms with Crippen molar-refractivity contribution in [3.8, 4) is 0 Å². The third-order valence-corrected chi connectivity index (χ3v) is 3.87. The van der Waals surface area contributed by atoms with Crippen LogP contribution in [0.1, 0.15) is 16.1 Å². The minimum atomic E-state index is -0.368. The third-order valence-electron chi connectivity index (χ3n) is 3.14. The fourth-order valence-corrected chi connectivity index (χ4v) is 2.76. The van der Waals surface area contributed by atoms with Crippen LogP contribution in [0.5, 0.6) is 0 Å². The maximum Gasteiger partial charge on any atom is 0.287 e. The van der Waals surface area contributed by atoms with Crippen molar-refractivity contribution in [1.29, 1.82) is 0 Å². The van der Waals surface area contributed by atoms with E-state index in [2.05, 4.69) is 5.32 Å². The van der Waals surface area contributed by atoms with Crippen LogP contribution in [0.4, 0.5) is 0 Å². The molecule has 2 aromatic heterocycles. The Bertz CT molecular complexity index is 821. The number of thiophene rings is 1. The summed E-state index contributed by atoms with van der Waals surface area (Å²) in [5, 5.41) is 7.28. The van der Waals surface area contributed by atoms with E-state index in [1.807, 2.05) is 16.8 Å². The van der Waals surface area contributed by atoms with Crippen LogP contribution >= 0.6 is 11.3 Å². The standard InChI is InChI=1S/C16H13NO3S/c18-13-9-15(20-14-4-2-1-3-12(13)14)16(19)17-7-5-11-6-8-21-10-11/h1-4,6,8-10H,5,7H2,(H,17,19). The van der Waals surface area contributed by atoms with Crippen molar-refractivity contribution >= 4 is 28.2 Å². The van der Waals surface area contributed by atoms with E-state index in [4.69, 9.17) is 4.42 Å². The number of nitrogens with one attached hydrogen (secondary N) is 1. The number of benzene rings is 1. The minimum Gasteiger partial charge on any atom is -0.451 e. The van der Waals surface area contributed by atoms with Crippen molar-refractivity contribution in [3.05, 3.63) is 68.7 Å². The van der Waals surface area contributed by atoms with Crippen molar-refractivity contribution in [2.75, 3.05) is 6.54 Å². The lowest BCUT2D eigenvalue weighted by molar-refractivity contribution is 0.0927. The second-order valence-corrected chi connectivity index (χ2v) is 5.39. The zero-order valence-corrected chi connectivity index (χ0v) is 12.0. The van der Waals surface area contributed by atoms with Crippen LogP contribution in [0.25, 0.3) is 11.0 Å². The highest BCUT2D eigenvalue weighted by Gasteiger charge is 2.11. The summed E-state index contributed by atoms with van der Waals surface area (Å²) in [5.74, 6) is -0.322. The Morgan fingerprint density at radius 1 is 1.24 bits per heavy atom. The molecule has 0 unspecified atom stereocenters. The van der Waals surface area contributed by atoms with Gasteiger partial charge in [0.1, 0.15) is 5.58 Å². The van der Waals surface area contributed by atoms with Gasteiger partial charge in [-0.25, -0.2) is 0 Å². The molecule has 0 radical (unpaired) electrons. The maximum absolute atomic E-state index is 12.0. The molecule has 3 rings (SSSR count). The molecule has 4 nitrogen and oxygen atoms in total. The van der Waals surface area contributed by atoms with Gasteiger partial charge in [0.15, 0.2) is 11.2 Å². The Kier molecular flexibility index (Phi) is 3.83. The van der Waals surface area contributed by atoms with E-state index in [1.165, 1.54) is 11.6 Å². The van der Waals surface area contributed by atoms with E-state index >= 15 is 0 Å². The second-order valence-electron chi connectivity index (χ2n) is 4.61. The van der Waals surface area contributed by atoms with E-state index in [1.54, 1.807) is 35.6 Å². The fourth-order valence-electron chi connectivity index (χ4n) is 2.06. The predicted molar refractivity (Wildman–Crippen MR) is 82.8 cm³/mol. The molecule has 0 saturated heterocycles. The lowest BCUT2D eigenvalue weighted by Crippen LogP contribution is -2.26. The Labute approximate surface area is 125 Å². The van der Waals surface area contributed by atoms with Crippen molar-refractivity contribution in [3.63, 3.8) is 0 Å². The Morgan fingerprint density at radius 3 is 2.90 bits per heavy atom. The number of para-hydroxylation sites is 1. The number of carbonyl (C=O) groups excluding carboxylic acids is 1. The molecular formula is C16H13NO3S. The summed E-state index contributed by atoms with van der Waals surface area (Å²) < 4.78 is 5.48. The molecule has 21 heavy (non-hydrogen) atoms. The first kappa shape index (κ1) is 13.6. The monoisotopic (exact) mass is 299 g/mol. The summed E-state index contributed by atoms with van der Waals surface area (Å²) in [6, 6.07) is 10.1. The third kappa shape index (κ3) is 3.03. The number of amides is 1. The van der Waals surface area contributed by atoms with Crippen LogP contribution in [0.3, 0.4) is 0 Å². The van der Waals surface area contributed by atoms with Gasteiger partial charge in [-0.05, 0) is 40.9 Å². The first-order chi connectivity index (χ1) is 10.2. The Morgan fingerprint density at radius 2 is 2.10 bits per heavy atom. The molecule has 0 spiro atoms. The number of hydrogen-bond donors (Lipinski definition) is 1. The molecule has 0 atom stereocenters. The quantitative estimate of drug-likeness (QED) is 0.806. The summed E-state index contributed by atoms with van der Waals surface area (Å²) in [6.07, 6.45) is 0.757. The minimum absolute atomic E-state index is 0.0454. The highest BCUT2D eigenvalue weighted by atomic mass is 32.1. The Balaban J connectivity index is 1.74. The van der Waals surface area contributed by atoms with Crippen LogP contribution < -0.4 is 10.7 Å². The number of hydrogen-bond acceptors (Lipinski definition) is 4. The summed E-state index contributed by atoms with van der Waals surface area (Å²) in [5.41, 5.74) is 1.40.